The monoisotopic (exact) mass is 149 g/mol. The second-order valence-electron chi connectivity index (χ2n) is 4.93. The minimum atomic E-state index is -0.0747. The molecule has 2 radical (unpaired) electrons. The van der Waals surface area contributed by atoms with Gasteiger partial charge in [-0.15, -0.1) is 0 Å². The molecular formula is C10H15N. The molecule has 0 spiro atoms. The van der Waals surface area contributed by atoms with E-state index in [4.69, 9.17) is 5.73 Å². The van der Waals surface area contributed by atoms with Crippen LogP contribution in [0.2, 0.25) is 0 Å². The van der Waals surface area contributed by atoms with E-state index >= 15 is 0 Å². The maximum absolute atomic E-state index is 8.16. The number of nitrogens with one attached hydrogen (secondary N) is 1. The van der Waals surface area contributed by atoms with Gasteiger partial charge in [-0.25, -0.2) is 0 Å². The predicted molar refractivity (Wildman–Crippen MR) is 43.7 cm³/mol. The van der Waals surface area contributed by atoms with Crippen molar-refractivity contribution in [2.24, 2.45) is 17.8 Å². The van der Waals surface area contributed by atoms with E-state index in [1.54, 1.807) is 0 Å². The molecule has 2 atom stereocenters. The minimum Gasteiger partial charge on any atom is -0.251 e. The molecule has 4 fully saturated rings. The molecule has 4 bridgehead atoms. The molecule has 60 valence electrons. The van der Waals surface area contributed by atoms with Crippen molar-refractivity contribution in [3.05, 3.63) is 6.42 Å². The number of hydrogen-bond acceptors (Lipinski definition) is 0. The average Bonchev–Trinajstić information content (AvgIpc) is 1.79. The zero-order chi connectivity index (χ0) is 7.47. The van der Waals surface area contributed by atoms with Gasteiger partial charge in [0.05, 0.1) is 0 Å². The first kappa shape index (κ1) is 6.47. The van der Waals surface area contributed by atoms with Crippen molar-refractivity contribution in [2.45, 2.75) is 37.6 Å². The average molecular weight is 149 g/mol. The Morgan fingerprint density at radius 2 is 1.73 bits per heavy atom. The molecule has 1 nitrogen and oxygen atoms in total. The van der Waals surface area contributed by atoms with Gasteiger partial charge in [0.2, 0.25) is 0 Å². The Hall–Kier alpha value is -0.0400. The lowest BCUT2D eigenvalue weighted by Crippen LogP contribution is -2.51. The molecule has 0 aromatic heterocycles. The van der Waals surface area contributed by atoms with Crippen LogP contribution in [0.25, 0.3) is 0 Å². The first-order valence-electron chi connectivity index (χ1n) is 4.85. The van der Waals surface area contributed by atoms with Crippen LogP contribution in [0, 0.1) is 24.2 Å². The van der Waals surface area contributed by atoms with Gasteiger partial charge in [0.1, 0.15) is 0 Å². The molecule has 11 heavy (non-hydrogen) atoms. The lowest BCUT2D eigenvalue weighted by atomic mass is 9.53. The SMILES string of the molecule is [NH]C12[CH]C3CC(CC(C3)C1)C2. The lowest BCUT2D eigenvalue weighted by Gasteiger charge is -2.54. The molecule has 0 saturated heterocycles. The summed E-state index contributed by atoms with van der Waals surface area (Å²) in [5, 5.41) is 0. The molecule has 0 aromatic rings. The molecule has 1 N–H and O–H groups in total. The normalized spacial score (nSPS) is 60.3. The molecule has 0 aliphatic heterocycles. The lowest BCUT2D eigenvalue weighted by molar-refractivity contribution is 0.0426. The molecule has 4 saturated carbocycles. The van der Waals surface area contributed by atoms with Gasteiger partial charge < -0.3 is 0 Å². The highest BCUT2D eigenvalue weighted by molar-refractivity contribution is 5.13. The van der Waals surface area contributed by atoms with Crippen LogP contribution in [0.5, 0.6) is 0 Å². The van der Waals surface area contributed by atoms with E-state index in [0.717, 1.165) is 17.8 Å². The van der Waals surface area contributed by atoms with Gasteiger partial charge in [0, 0.05) is 5.54 Å². The van der Waals surface area contributed by atoms with Crippen LogP contribution < -0.4 is 5.73 Å². The summed E-state index contributed by atoms with van der Waals surface area (Å²) < 4.78 is 0. The molecule has 2 unspecified atom stereocenters. The highest BCUT2D eigenvalue weighted by Gasteiger charge is 2.49. The Bertz CT molecular complexity index is 150. The largest absolute Gasteiger partial charge is 0.251 e. The fourth-order valence-electron chi connectivity index (χ4n) is 3.79. The van der Waals surface area contributed by atoms with Crippen molar-refractivity contribution in [1.29, 1.82) is 0 Å². The summed E-state index contributed by atoms with van der Waals surface area (Å²) in [6, 6.07) is 0. The molecule has 4 aliphatic carbocycles. The number of rotatable bonds is 0. The van der Waals surface area contributed by atoms with E-state index < -0.39 is 0 Å². The van der Waals surface area contributed by atoms with Crippen molar-refractivity contribution in [1.82, 2.24) is 5.73 Å². The topological polar surface area (TPSA) is 23.8 Å². The predicted octanol–water partition coefficient (Wildman–Crippen LogP) is 2.05. The summed E-state index contributed by atoms with van der Waals surface area (Å²) in [5.41, 5.74) is 8.08. The van der Waals surface area contributed by atoms with E-state index in [2.05, 4.69) is 6.42 Å². The second kappa shape index (κ2) is 1.82. The van der Waals surface area contributed by atoms with Gasteiger partial charge >= 0.3 is 0 Å². The summed E-state index contributed by atoms with van der Waals surface area (Å²) in [4.78, 5) is 0. The summed E-state index contributed by atoms with van der Waals surface area (Å²) in [5.74, 6) is 2.68. The maximum atomic E-state index is 8.16. The zero-order valence-corrected chi connectivity index (χ0v) is 6.84. The summed E-state index contributed by atoms with van der Waals surface area (Å²) in [6.45, 7) is 0. The van der Waals surface area contributed by atoms with Crippen molar-refractivity contribution < 1.29 is 0 Å². The molecule has 1 heteroatoms. The summed E-state index contributed by atoms with van der Waals surface area (Å²) in [7, 11) is 0. The zero-order valence-electron chi connectivity index (χ0n) is 6.84. The fourth-order valence-corrected chi connectivity index (χ4v) is 3.79. The molecule has 4 aliphatic rings. The Labute approximate surface area is 68.3 Å². The Kier molecular flexibility index (Phi) is 1.07. The smallest absolute Gasteiger partial charge is 0.0363 e. The third kappa shape index (κ3) is 0.868. The van der Waals surface area contributed by atoms with Gasteiger partial charge in [-0.3, -0.25) is 5.73 Å². The first-order valence-corrected chi connectivity index (χ1v) is 4.85. The van der Waals surface area contributed by atoms with Crippen LogP contribution in [0.3, 0.4) is 0 Å². The highest BCUT2D eigenvalue weighted by Crippen LogP contribution is 2.54. The fraction of sp³-hybridized carbons (Fsp3) is 0.900. The summed E-state index contributed by atoms with van der Waals surface area (Å²) in [6.07, 6.45) is 8.98. The van der Waals surface area contributed by atoms with E-state index in [0.29, 0.717) is 0 Å². The quantitative estimate of drug-likeness (QED) is 0.503. The molecule has 4 rings (SSSR count). The molecule has 0 heterocycles. The van der Waals surface area contributed by atoms with Gasteiger partial charge in [0.25, 0.3) is 0 Å². The third-order valence-electron chi connectivity index (χ3n) is 3.80. The molecule has 0 aromatic carbocycles. The molecular weight excluding hydrogens is 134 g/mol. The van der Waals surface area contributed by atoms with E-state index in [-0.39, 0.29) is 5.54 Å². The van der Waals surface area contributed by atoms with Crippen LogP contribution in [-0.2, 0) is 0 Å². The van der Waals surface area contributed by atoms with Crippen LogP contribution in [-0.4, -0.2) is 5.54 Å². The van der Waals surface area contributed by atoms with Gasteiger partial charge in [-0.05, 0) is 56.3 Å². The van der Waals surface area contributed by atoms with Crippen molar-refractivity contribution >= 4 is 0 Å². The van der Waals surface area contributed by atoms with E-state index in [9.17, 15) is 0 Å². The maximum Gasteiger partial charge on any atom is 0.0363 e. The molecule has 0 amide bonds. The Morgan fingerprint density at radius 1 is 1.09 bits per heavy atom. The first-order chi connectivity index (χ1) is 5.23. The van der Waals surface area contributed by atoms with E-state index in [1.165, 1.54) is 32.1 Å². The van der Waals surface area contributed by atoms with Crippen LogP contribution in [0.15, 0.2) is 0 Å². The van der Waals surface area contributed by atoms with Gasteiger partial charge in [-0.1, -0.05) is 0 Å². The van der Waals surface area contributed by atoms with Crippen molar-refractivity contribution in [2.75, 3.05) is 0 Å². The van der Waals surface area contributed by atoms with Gasteiger partial charge in [0.15, 0.2) is 0 Å². The van der Waals surface area contributed by atoms with Crippen LogP contribution in [0.1, 0.15) is 32.1 Å². The van der Waals surface area contributed by atoms with Crippen LogP contribution in [0.4, 0.5) is 0 Å². The van der Waals surface area contributed by atoms with Gasteiger partial charge in [-0.2, -0.15) is 0 Å². The Morgan fingerprint density at radius 3 is 2.18 bits per heavy atom. The van der Waals surface area contributed by atoms with E-state index in [1.807, 2.05) is 0 Å². The summed E-state index contributed by atoms with van der Waals surface area (Å²) >= 11 is 0. The standard InChI is InChI=1S/C10H15N/c11-10-4-7-1-8(5-10)3-9(2-7)6-10/h4,7-9,11H,1-3,5-6H2. The second-order valence-corrected chi connectivity index (χ2v) is 4.93. The van der Waals surface area contributed by atoms with Crippen molar-refractivity contribution in [3.8, 4) is 0 Å². The third-order valence-corrected chi connectivity index (χ3v) is 3.80. The van der Waals surface area contributed by atoms with Crippen molar-refractivity contribution in [3.63, 3.8) is 0 Å². The van der Waals surface area contributed by atoms with Crippen LogP contribution >= 0.6 is 0 Å². The highest BCUT2D eigenvalue weighted by atomic mass is 14.8. The number of hydrogen-bond donors (Lipinski definition) is 0. The minimum absolute atomic E-state index is 0.0747. The Balaban J connectivity index is 1.94.